The minimum Gasteiger partial charge on any atom is -0.439 e. The van der Waals surface area contributed by atoms with Crippen LogP contribution in [0.15, 0.2) is 4.99 Å². The van der Waals surface area contributed by atoms with E-state index in [9.17, 15) is 0 Å². The Morgan fingerprint density at radius 3 is 1.70 bits per heavy atom. The van der Waals surface area contributed by atoms with E-state index in [2.05, 4.69) is 105 Å². The van der Waals surface area contributed by atoms with Crippen LogP contribution in [0.2, 0.25) is 0 Å². The summed E-state index contributed by atoms with van der Waals surface area (Å²) in [6, 6.07) is 0. The van der Waals surface area contributed by atoms with Gasteiger partial charge in [-0.2, -0.15) is 0 Å². The molecule has 30 heavy (non-hydrogen) atoms. The molecule has 0 aliphatic carbocycles. The first-order valence-corrected chi connectivity index (χ1v) is 11.2. The molecule has 1 aliphatic heterocycles. The Bertz CT molecular complexity index is 694. The summed E-state index contributed by atoms with van der Waals surface area (Å²) in [4.78, 5) is 12.4. The van der Waals surface area contributed by atoms with Gasteiger partial charge in [-0.3, -0.25) is 4.99 Å². The SMILES string of the molecule is CC(C)CC(C)(C)C1=NC(C)(C)C(C)(C)N1.Cc1[c-]nc(C(C)(C)CC(C)C)[nH]1.[Ru+]. The molecular formula is C25H47N4Ru. The number of hydrogen-bond acceptors (Lipinski definition) is 3. The summed E-state index contributed by atoms with van der Waals surface area (Å²) < 4.78 is 0. The van der Waals surface area contributed by atoms with Crippen LogP contribution in [0.5, 0.6) is 0 Å². The first-order chi connectivity index (χ1) is 12.9. The van der Waals surface area contributed by atoms with Crippen molar-refractivity contribution in [3.63, 3.8) is 0 Å². The Balaban J connectivity index is 0.000000553. The van der Waals surface area contributed by atoms with Gasteiger partial charge in [0, 0.05) is 5.41 Å². The van der Waals surface area contributed by atoms with Gasteiger partial charge in [0.15, 0.2) is 0 Å². The third-order valence-corrected chi connectivity index (χ3v) is 6.11. The Hall–Kier alpha value is -0.697. The van der Waals surface area contributed by atoms with Crippen molar-refractivity contribution in [2.75, 3.05) is 0 Å². The molecule has 4 nitrogen and oxygen atoms in total. The number of amidine groups is 1. The van der Waals surface area contributed by atoms with Crippen molar-refractivity contribution < 1.29 is 19.5 Å². The van der Waals surface area contributed by atoms with Crippen molar-refractivity contribution in [2.24, 2.45) is 22.2 Å². The predicted octanol–water partition coefficient (Wildman–Crippen LogP) is 6.46. The molecule has 2 rings (SSSR count). The van der Waals surface area contributed by atoms with Crippen LogP contribution < -0.4 is 5.32 Å². The summed E-state index contributed by atoms with van der Waals surface area (Å²) in [5, 5.41) is 3.62. The number of nitrogens with zero attached hydrogens (tertiary/aromatic N) is 2. The molecule has 1 aromatic rings. The maximum Gasteiger partial charge on any atom is 1.00 e. The Kier molecular flexibility index (Phi) is 10.0. The van der Waals surface area contributed by atoms with Crippen LogP contribution in [0.3, 0.4) is 0 Å². The third-order valence-electron chi connectivity index (χ3n) is 6.11. The fraction of sp³-hybridized carbons (Fsp3) is 0.840. The number of imidazole rings is 1. The molecule has 0 aromatic carbocycles. The van der Waals surface area contributed by atoms with Gasteiger partial charge in [0.2, 0.25) is 0 Å². The van der Waals surface area contributed by atoms with Crippen molar-refractivity contribution >= 4 is 5.84 Å². The number of nitrogens with one attached hydrogen (secondary N) is 2. The van der Waals surface area contributed by atoms with Crippen LogP contribution >= 0.6 is 0 Å². The Labute approximate surface area is 199 Å². The molecule has 0 saturated heterocycles. The fourth-order valence-corrected chi connectivity index (χ4v) is 4.15. The number of aliphatic imine (C=N–C) groups is 1. The average Bonchev–Trinajstić information content (AvgIpc) is 2.99. The molecule has 5 heteroatoms. The summed E-state index contributed by atoms with van der Waals surface area (Å²) in [7, 11) is 0. The monoisotopic (exact) mass is 505 g/mol. The number of aromatic nitrogens is 2. The van der Waals surface area contributed by atoms with E-state index in [4.69, 9.17) is 4.99 Å². The smallest absolute Gasteiger partial charge is 0.439 e. The van der Waals surface area contributed by atoms with Gasteiger partial charge in [-0.05, 0) is 64.1 Å². The van der Waals surface area contributed by atoms with Crippen LogP contribution in [0.25, 0.3) is 0 Å². The van der Waals surface area contributed by atoms with Gasteiger partial charge in [-0.1, -0.05) is 67.5 Å². The van der Waals surface area contributed by atoms with E-state index in [0.29, 0.717) is 11.8 Å². The van der Waals surface area contributed by atoms with E-state index in [0.717, 1.165) is 17.9 Å². The topological polar surface area (TPSA) is 53.1 Å². The summed E-state index contributed by atoms with van der Waals surface area (Å²) in [6.45, 7) is 28.9. The van der Waals surface area contributed by atoms with Gasteiger partial charge < -0.3 is 15.3 Å². The second kappa shape index (κ2) is 10.3. The van der Waals surface area contributed by atoms with Crippen molar-refractivity contribution in [3.05, 3.63) is 17.7 Å². The molecule has 0 atom stereocenters. The predicted molar refractivity (Wildman–Crippen MR) is 127 cm³/mol. The first kappa shape index (κ1) is 29.3. The molecule has 1 aromatic heterocycles. The molecule has 0 amide bonds. The van der Waals surface area contributed by atoms with Crippen LogP contribution in [0, 0.1) is 30.4 Å². The molecule has 0 spiro atoms. The third kappa shape index (κ3) is 7.77. The van der Waals surface area contributed by atoms with Crippen molar-refractivity contribution in [3.8, 4) is 0 Å². The van der Waals surface area contributed by atoms with Crippen LogP contribution in [0.4, 0.5) is 0 Å². The van der Waals surface area contributed by atoms with Gasteiger partial charge in [0.25, 0.3) is 0 Å². The van der Waals surface area contributed by atoms with Gasteiger partial charge in [0.05, 0.1) is 11.1 Å². The minimum atomic E-state index is -0.0173. The Morgan fingerprint density at radius 2 is 1.37 bits per heavy atom. The summed E-state index contributed by atoms with van der Waals surface area (Å²) >= 11 is 0. The number of H-pyrrole nitrogens is 1. The first-order valence-electron chi connectivity index (χ1n) is 11.2. The van der Waals surface area contributed by atoms with E-state index in [1.807, 2.05) is 6.92 Å². The molecule has 175 valence electrons. The largest absolute Gasteiger partial charge is 1.00 e. The summed E-state index contributed by atoms with van der Waals surface area (Å²) in [6.07, 6.45) is 5.26. The van der Waals surface area contributed by atoms with Gasteiger partial charge in [0.1, 0.15) is 5.84 Å². The fourth-order valence-electron chi connectivity index (χ4n) is 4.15. The van der Waals surface area contributed by atoms with Crippen molar-refractivity contribution in [1.29, 1.82) is 0 Å². The molecule has 0 fully saturated rings. The van der Waals surface area contributed by atoms with Crippen molar-refractivity contribution in [1.82, 2.24) is 15.3 Å². The normalized spacial score (nSPS) is 17.8. The second-order valence-electron chi connectivity index (χ2n) is 12.1. The van der Waals surface area contributed by atoms with Crippen LogP contribution in [0.1, 0.15) is 107 Å². The van der Waals surface area contributed by atoms with Gasteiger partial charge >= 0.3 is 19.5 Å². The van der Waals surface area contributed by atoms with E-state index >= 15 is 0 Å². The number of rotatable bonds is 6. The van der Waals surface area contributed by atoms with Gasteiger partial charge in [-0.15, -0.1) is 6.20 Å². The molecular weight excluding hydrogens is 457 g/mol. The van der Waals surface area contributed by atoms with Crippen molar-refractivity contribution in [2.45, 2.75) is 119 Å². The van der Waals surface area contributed by atoms with E-state index in [1.165, 1.54) is 12.3 Å². The quantitative estimate of drug-likeness (QED) is 0.345. The number of aryl methyl sites for hydroxylation is 1. The number of hydrogen-bond donors (Lipinski definition) is 2. The van der Waals surface area contributed by atoms with Crippen LogP contribution in [-0.2, 0) is 24.9 Å². The zero-order chi connectivity index (χ0) is 22.8. The zero-order valence-corrected chi connectivity index (χ0v) is 23.6. The maximum absolute atomic E-state index is 4.90. The standard InChI is InChI=1S/C14H28N2.C11H19N2.Ru/c1-10(2)9-12(3,4)11-15-13(5,6)14(7,8)16-11;1-8(2)6-11(4,5)10-12-7-9(3)13-10;/h10H,9H2,1-8H3,(H,15,16);8H,6H2,1-5H3,(H,12,13);/q;-1;+1. The average molecular weight is 505 g/mol. The molecule has 2 N–H and O–H groups in total. The van der Waals surface area contributed by atoms with E-state index < -0.39 is 0 Å². The van der Waals surface area contributed by atoms with Gasteiger partial charge in [-0.25, -0.2) is 0 Å². The molecule has 0 unspecified atom stereocenters. The molecule has 1 aliphatic rings. The molecule has 2 heterocycles. The summed E-state index contributed by atoms with van der Waals surface area (Å²) in [5.41, 5.74) is 1.34. The maximum atomic E-state index is 4.90. The van der Waals surface area contributed by atoms with E-state index in [1.54, 1.807) is 0 Å². The molecule has 0 bridgehead atoms. The second-order valence-corrected chi connectivity index (χ2v) is 12.1. The molecule has 0 saturated carbocycles. The zero-order valence-electron chi connectivity index (χ0n) is 21.8. The Morgan fingerprint density at radius 1 is 0.900 bits per heavy atom. The van der Waals surface area contributed by atoms with Crippen LogP contribution in [-0.4, -0.2) is 26.9 Å². The number of aromatic amines is 1. The van der Waals surface area contributed by atoms with E-state index in [-0.39, 0.29) is 41.4 Å². The minimum absolute atomic E-state index is 0. The summed E-state index contributed by atoms with van der Waals surface area (Å²) in [5.74, 6) is 3.63. The molecule has 1 radical (unpaired) electrons.